The standard InChI is InChI=1S/C19H23N3O4S/c1-13(2)12-26-17-5-3-4-16(21-17)18(23)20-10-11-25-15-8-6-14(7-9-15)19(27)22-24/h3-9,13,24H,10-12H2,1-2H3,(H,20,23)(H,22,27). The zero-order valence-corrected chi connectivity index (χ0v) is 16.1. The molecule has 1 heterocycles. The quantitative estimate of drug-likeness (QED) is 0.345. The second-order valence-corrected chi connectivity index (χ2v) is 6.54. The molecule has 0 aliphatic carbocycles. The SMILES string of the molecule is CC(C)COc1cccc(C(=O)NCCOc2ccc(C(=S)NO)cc2)n1. The fourth-order valence-corrected chi connectivity index (χ4v) is 2.20. The Morgan fingerprint density at radius 1 is 1.19 bits per heavy atom. The summed E-state index contributed by atoms with van der Waals surface area (Å²) in [6.45, 7) is 5.26. The third-order valence-electron chi connectivity index (χ3n) is 3.40. The third-order valence-corrected chi connectivity index (χ3v) is 3.72. The van der Waals surface area contributed by atoms with Crippen LogP contribution in [0, 0.1) is 5.92 Å². The number of thiocarbonyl (C=S) groups is 1. The van der Waals surface area contributed by atoms with Gasteiger partial charge in [-0.25, -0.2) is 4.98 Å². The van der Waals surface area contributed by atoms with Crippen LogP contribution in [0.25, 0.3) is 0 Å². The molecule has 0 unspecified atom stereocenters. The van der Waals surface area contributed by atoms with E-state index in [9.17, 15) is 4.79 Å². The van der Waals surface area contributed by atoms with E-state index in [1.807, 2.05) is 19.3 Å². The van der Waals surface area contributed by atoms with Gasteiger partial charge in [-0.15, -0.1) is 0 Å². The first-order valence-corrected chi connectivity index (χ1v) is 8.95. The summed E-state index contributed by atoms with van der Waals surface area (Å²) in [7, 11) is 0. The highest BCUT2D eigenvalue weighted by Crippen LogP contribution is 2.12. The monoisotopic (exact) mass is 389 g/mol. The molecule has 8 heteroatoms. The van der Waals surface area contributed by atoms with E-state index in [4.69, 9.17) is 26.9 Å². The summed E-state index contributed by atoms with van der Waals surface area (Å²) in [4.78, 5) is 16.6. The van der Waals surface area contributed by atoms with Crippen LogP contribution < -0.4 is 20.3 Å². The smallest absolute Gasteiger partial charge is 0.270 e. The van der Waals surface area contributed by atoms with Crippen molar-refractivity contribution in [3.63, 3.8) is 0 Å². The van der Waals surface area contributed by atoms with Crippen LogP contribution in [0.4, 0.5) is 0 Å². The number of ether oxygens (including phenoxy) is 2. The maximum absolute atomic E-state index is 12.2. The van der Waals surface area contributed by atoms with Gasteiger partial charge in [-0.05, 0) is 36.2 Å². The minimum absolute atomic E-state index is 0.237. The number of hydroxylamine groups is 1. The summed E-state index contributed by atoms with van der Waals surface area (Å²) >= 11 is 4.92. The lowest BCUT2D eigenvalue weighted by Crippen LogP contribution is -2.28. The van der Waals surface area contributed by atoms with Crippen LogP contribution in [0.5, 0.6) is 11.6 Å². The minimum Gasteiger partial charge on any atom is -0.492 e. The van der Waals surface area contributed by atoms with Gasteiger partial charge >= 0.3 is 0 Å². The van der Waals surface area contributed by atoms with Gasteiger partial charge in [0.1, 0.15) is 23.0 Å². The van der Waals surface area contributed by atoms with Crippen LogP contribution in [-0.2, 0) is 0 Å². The Morgan fingerprint density at radius 3 is 2.59 bits per heavy atom. The van der Waals surface area contributed by atoms with Crippen LogP contribution in [0.3, 0.4) is 0 Å². The van der Waals surface area contributed by atoms with Crippen LogP contribution in [0.15, 0.2) is 42.5 Å². The first kappa shape index (κ1) is 20.6. The van der Waals surface area contributed by atoms with Gasteiger partial charge in [-0.1, -0.05) is 32.1 Å². The van der Waals surface area contributed by atoms with Gasteiger partial charge in [0.2, 0.25) is 5.88 Å². The van der Waals surface area contributed by atoms with Crippen molar-refractivity contribution in [2.24, 2.45) is 5.92 Å². The van der Waals surface area contributed by atoms with Crippen molar-refractivity contribution in [3.05, 3.63) is 53.7 Å². The van der Waals surface area contributed by atoms with Gasteiger partial charge in [0.15, 0.2) is 0 Å². The molecule has 0 atom stereocenters. The Bertz CT molecular complexity index is 766. The van der Waals surface area contributed by atoms with E-state index in [0.717, 1.165) is 0 Å². The lowest BCUT2D eigenvalue weighted by atomic mass is 10.2. The number of benzene rings is 1. The molecule has 0 saturated heterocycles. The molecular weight excluding hydrogens is 366 g/mol. The Balaban J connectivity index is 1.77. The van der Waals surface area contributed by atoms with E-state index >= 15 is 0 Å². The molecule has 27 heavy (non-hydrogen) atoms. The predicted molar refractivity (Wildman–Crippen MR) is 105 cm³/mol. The van der Waals surface area contributed by atoms with E-state index in [-0.39, 0.29) is 10.9 Å². The number of hydrogen-bond donors (Lipinski definition) is 3. The average molecular weight is 389 g/mol. The summed E-state index contributed by atoms with van der Waals surface area (Å²) in [5.74, 6) is 1.16. The molecule has 0 aliphatic rings. The molecule has 2 rings (SSSR count). The Labute approximate surface area is 163 Å². The highest BCUT2D eigenvalue weighted by atomic mass is 32.1. The number of nitrogens with zero attached hydrogens (tertiary/aromatic N) is 1. The largest absolute Gasteiger partial charge is 0.492 e. The number of rotatable bonds is 9. The highest BCUT2D eigenvalue weighted by molar-refractivity contribution is 7.80. The molecule has 2 aromatic rings. The fourth-order valence-electron chi connectivity index (χ4n) is 2.06. The van der Waals surface area contributed by atoms with Crippen molar-refractivity contribution < 1.29 is 19.5 Å². The molecule has 0 saturated carbocycles. The fraction of sp³-hybridized carbons (Fsp3) is 0.316. The Kier molecular flexibility index (Phi) is 7.97. The lowest BCUT2D eigenvalue weighted by Gasteiger charge is -2.10. The average Bonchev–Trinajstić information content (AvgIpc) is 2.69. The van der Waals surface area contributed by atoms with Crippen LogP contribution in [-0.4, -0.2) is 40.8 Å². The molecule has 3 N–H and O–H groups in total. The Morgan fingerprint density at radius 2 is 1.93 bits per heavy atom. The van der Waals surface area contributed by atoms with Gasteiger partial charge < -0.3 is 14.8 Å². The van der Waals surface area contributed by atoms with E-state index < -0.39 is 0 Å². The summed E-state index contributed by atoms with van der Waals surface area (Å²) in [5, 5.41) is 11.5. The normalized spacial score (nSPS) is 10.4. The maximum Gasteiger partial charge on any atom is 0.270 e. The molecule has 0 aliphatic heterocycles. The number of nitrogens with one attached hydrogen (secondary N) is 2. The predicted octanol–water partition coefficient (Wildman–Crippen LogP) is 2.58. The topological polar surface area (TPSA) is 92.7 Å². The van der Waals surface area contributed by atoms with Crippen molar-refractivity contribution in [1.82, 2.24) is 15.8 Å². The highest BCUT2D eigenvalue weighted by Gasteiger charge is 2.08. The zero-order valence-electron chi connectivity index (χ0n) is 15.3. The van der Waals surface area contributed by atoms with Gasteiger partial charge in [-0.3, -0.25) is 15.5 Å². The molecule has 1 aromatic carbocycles. The van der Waals surface area contributed by atoms with E-state index in [1.54, 1.807) is 42.5 Å². The van der Waals surface area contributed by atoms with Crippen LogP contribution >= 0.6 is 12.2 Å². The summed E-state index contributed by atoms with van der Waals surface area (Å²) in [6, 6.07) is 12.0. The molecular formula is C19H23N3O4S. The maximum atomic E-state index is 12.2. The molecule has 0 fully saturated rings. The summed E-state index contributed by atoms with van der Waals surface area (Å²) < 4.78 is 11.1. The van der Waals surface area contributed by atoms with Crippen molar-refractivity contribution >= 4 is 23.1 Å². The van der Waals surface area contributed by atoms with Crippen LogP contribution in [0.2, 0.25) is 0 Å². The molecule has 1 amide bonds. The van der Waals surface area contributed by atoms with Gasteiger partial charge in [-0.2, -0.15) is 0 Å². The molecule has 144 valence electrons. The first-order valence-electron chi connectivity index (χ1n) is 8.55. The second-order valence-electron chi connectivity index (χ2n) is 6.14. The van der Waals surface area contributed by atoms with E-state index in [0.29, 0.717) is 48.6 Å². The lowest BCUT2D eigenvalue weighted by molar-refractivity contribution is 0.0940. The number of amides is 1. The van der Waals surface area contributed by atoms with Gasteiger partial charge in [0, 0.05) is 11.6 Å². The Hall–Kier alpha value is -2.71. The third kappa shape index (κ3) is 6.84. The molecule has 0 bridgehead atoms. The molecule has 0 spiro atoms. The molecule has 1 aromatic heterocycles. The van der Waals surface area contributed by atoms with E-state index in [2.05, 4.69) is 10.3 Å². The summed E-state index contributed by atoms with van der Waals surface area (Å²) in [6.07, 6.45) is 0. The molecule has 7 nitrogen and oxygen atoms in total. The minimum atomic E-state index is -0.289. The number of pyridine rings is 1. The van der Waals surface area contributed by atoms with E-state index in [1.165, 1.54) is 0 Å². The summed E-state index contributed by atoms with van der Waals surface area (Å²) in [5.41, 5.74) is 2.90. The zero-order chi connectivity index (χ0) is 19.6. The molecule has 0 radical (unpaired) electrons. The van der Waals surface area contributed by atoms with Crippen molar-refractivity contribution in [2.75, 3.05) is 19.8 Å². The van der Waals surface area contributed by atoms with Gasteiger partial charge in [0.05, 0.1) is 13.2 Å². The van der Waals surface area contributed by atoms with Crippen LogP contribution in [0.1, 0.15) is 29.9 Å². The van der Waals surface area contributed by atoms with Crippen molar-refractivity contribution in [3.8, 4) is 11.6 Å². The second kappa shape index (κ2) is 10.4. The number of carbonyl (C=O) groups excluding carboxylic acids is 1. The number of carbonyl (C=O) groups is 1. The number of aromatic nitrogens is 1. The van der Waals surface area contributed by atoms with Crippen molar-refractivity contribution in [1.29, 1.82) is 0 Å². The van der Waals surface area contributed by atoms with Gasteiger partial charge in [0.25, 0.3) is 5.91 Å². The first-order chi connectivity index (χ1) is 13.0. The van der Waals surface area contributed by atoms with Crippen molar-refractivity contribution in [2.45, 2.75) is 13.8 Å². The number of hydrogen-bond acceptors (Lipinski definition) is 6.